The maximum atomic E-state index is 10.1. The van der Waals surface area contributed by atoms with Crippen LogP contribution in [0.5, 0.6) is 0 Å². The summed E-state index contributed by atoms with van der Waals surface area (Å²) in [5.74, 6) is 0. The van der Waals surface area contributed by atoms with E-state index >= 15 is 0 Å². The minimum Gasteiger partial charge on any atom is -0.387 e. The average Bonchev–Trinajstić information content (AvgIpc) is 2.36. The van der Waals surface area contributed by atoms with E-state index in [1.54, 1.807) is 0 Å². The summed E-state index contributed by atoms with van der Waals surface area (Å²) in [6.45, 7) is 0.497. The zero-order valence-corrected chi connectivity index (χ0v) is 13.3. The van der Waals surface area contributed by atoms with Crippen LogP contribution in [-0.4, -0.2) is 11.7 Å². The van der Waals surface area contributed by atoms with E-state index in [2.05, 4.69) is 43.8 Å². The highest BCUT2D eigenvalue weighted by atomic mass is 127. The normalized spacial score (nSPS) is 12.2. The Morgan fingerprint density at radius 1 is 1.17 bits per heavy atom. The van der Waals surface area contributed by atoms with Crippen molar-refractivity contribution in [3.63, 3.8) is 0 Å². The van der Waals surface area contributed by atoms with Crippen LogP contribution >= 0.6 is 38.5 Å². The van der Waals surface area contributed by atoms with E-state index in [1.165, 1.54) is 3.57 Å². The summed E-state index contributed by atoms with van der Waals surface area (Å²) in [6, 6.07) is 15.8. The highest BCUT2D eigenvalue weighted by Gasteiger charge is 2.07. The van der Waals surface area contributed by atoms with Crippen LogP contribution in [0.3, 0.4) is 0 Å². The number of hydrogen-bond acceptors (Lipinski definition) is 2. The van der Waals surface area contributed by atoms with Gasteiger partial charge in [-0.1, -0.05) is 34.1 Å². The summed E-state index contributed by atoms with van der Waals surface area (Å²) >= 11 is 5.67. The Hall–Kier alpha value is -0.590. The fourth-order valence-electron chi connectivity index (χ4n) is 1.64. The van der Waals surface area contributed by atoms with Crippen LogP contribution in [0.4, 0.5) is 5.69 Å². The van der Waals surface area contributed by atoms with Crippen LogP contribution < -0.4 is 5.32 Å². The van der Waals surface area contributed by atoms with Gasteiger partial charge in [0.2, 0.25) is 0 Å². The molecule has 1 unspecified atom stereocenters. The maximum absolute atomic E-state index is 10.1. The fourth-order valence-corrected chi connectivity index (χ4v) is 2.60. The number of aliphatic hydroxyl groups excluding tert-OH is 1. The Morgan fingerprint density at radius 3 is 2.67 bits per heavy atom. The predicted octanol–water partition coefficient (Wildman–Crippen LogP) is 4.20. The number of anilines is 1. The lowest BCUT2D eigenvalue weighted by Crippen LogP contribution is -2.12. The lowest BCUT2D eigenvalue weighted by molar-refractivity contribution is 0.191. The summed E-state index contributed by atoms with van der Waals surface area (Å²) < 4.78 is 2.16. The van der Waals surface area contributed by atoms with Gasteiger partial charge in [-0.2, -0.15) is 0 Å². The Labute approximate surface area is 129 Å². The monoisotopic (exact) mass is 417 g/mol. The molecule has 0 aliphatic carbocycles. The second kappa shape index (κ2) is 6.54. The molecule has 0 saturated carbocycles. The van der Waals surface area contributed by atoms with E-state index in [0.717, 1.165) is 15.7 Å². The topological polar surface area (TPSA) is 32.3 Å². The maximum Gasteiger partial charge on any atom is 0.0962 e. The third-order valence-electron chi connectivity index (χ3n) is 2.56. The highest BCUT2D eigenvalue weighted by Crippen LogP contribution is 2.19. The average molecular weight is 418 g/mol. The van der Waals surface area contributed by atoms with Crippen molar-refractivity contribution in [1.82, 2.24) is 0 Å². The second-order valence-electron chi connectivity index (χ2n) is 3.96. The Bertz CT molecular complexity index is 533. The van der Waals surface area contributed by atoms with Crippen molar-refractivity contribution in [3.05, 3.63) is 62.1 Å². The number of hydrogen-bond donors (Lipinski definition) is 2. The molecule has 2 aromatic carbocycles. The molecular weight excluding hydrogens is 405 g/mol. The first kappa shape index (κ1) is 13.8. The molecule has 94 valence electrons. The van der Waals surface area contributed by atoms with Crippen molar-refractivity contribution in [2.24, 2.45) is 0 Å². The summed E-state index contributed by atoms with van der Waals surface area (Å²) in [5.41, 5.74) is 1.93. The standard InChI is InChI=1S/C14H13BrINO/c15-11-4-1-3-10(7-11)14(18)9-17-13-6-2-5-12(16)8-13/h1-8,14,17-18H,9H2. The first-order valence-electron chi connectivity index (χ1n) is 5.58. The van der Waals surface area contributed by atoms with E-state index in [0.29, 0.717) is 6.54 Å². The van der Waals surface area contributed by atoms with Gasteiger partial charge >= 0.3 is 0 Å². The van der Waals surface area contributed by atoms with Crippen LogP contribution in [-0.2, 0) is 0 Å². The van der Waals surface area contributed by atoms with Gasteiger partial charge in [-0.25, -0.2) is 0 Å². The zero-order chi connectivity index (χ0) is 13.0. The predicted molar refractivity (Wildman–Crippen MR) is 86.8 cm³/mol. The molecular formula is C14H13BrINO. The highest BCUT2D eigenvalue weighted by molar-refractivity contribution is 14.1. The molecule has 0 saturated heterocycles. The van der Waals surface area contributed by atoms with Gasteiger partial charge in [-0.15, -0.1) is 0 Å². The van der Waals surface area contributed by atoms with Gasteiger partial charge in [0.05, 0.1) is 6.10 Å². The SMILES string of the molecule is OC(CNc1cccc(I)c1)c1cccc(Br)c1. The number of halogens is 2. The molecule has 2 aromatic rings. The number of rotatable bonds is 4. The van der Waals surface area contributed by atoms with E-state index in [4.69, 9.17) is 0 Å². The smallest absolute Gasteiger partial charge is 0.0962 e. The van der Waals surface area contributed by atoms with Gasteiger partial charge in [0.15, 0.2) is 0 Å². The van der Waals surface area contributed by atoms with Crippen LogP contribution in [0.25, 0.3) is 0 Å². The van der Waals surface area contributed by atoms with Gasteiger partial charge in [-0.3, -0.25) is 0 Å². The largest absolute Gasteiger partial charge is 0.387 e. The molecule has 0 aromatic heterocycles. The van der Waals surface area contributed by atoms with Gasteiger partial charge in [0.25, 0.3) is 0 Å². The summed E-state index contributed by atoms with van der Waals surface area (Å²) in [6.07, 6.45) is -0.514. The molecule has 18 heavy (non-hydrogen) atoms. The Balaban J connectivity index is 1.98. The van der Waals surface area contributed by atoms with Gasteiger partial charge in [0.1, 0.15) is 0 Å². The first-order valence-corrected chi connectivity index (χ1v) is 7.45. The quantitative estimate of drug-likeness (QED) is 0.730. The third kappa shape index (κ3) is 3.96. The lowest BCUT2D eigenvalue weighted by atomic mass is 10.1. The molecule has 0 radical (unpaired) electrons. The van der Waals surface area contributed by atoms with E-state index in [9.17, 15) is 5.11 Å². The zero-order valence-electron chi connectivity index (χ0n) is 9.61. The van der Waals surface area contributed by atoms with Crippen LogP contribution in [0.1, 0.15) is 11.7 Å². The van der Waals surface area contributed by atoms with Gasteiger partial charge in [0, 0.05) is 20.3 Å². The number of aliphatic hydroxyl groups is 1. The first-order chi connectivity index (χ1) is 8.65. The van der Waals surface area contributed by atoms with Gasteiger partial charge < -0.3 is 10.4 Å². The van der Waals surface area contributed by atoms with Crippen LogP contribution in [0, 0.1) is 3.57 Å². The van der Waals surface area contributed by atoms with E-state index in [-0.39, 0.29) is 0 Å². The molecule has 0 amide bonds. The molecule has 0 heterocycles. The molecule has 0 bridgehead atoms. The van der Waals surface area contributed by atoms with Crippen molar-refractivity contribution < 1.29 is 5.11 Å². The Kier molecular flexibility index (Phi) is 5.03. The van der Waals surface area contributed by atoms with Crippen molar-refractivity contribution in [1.29, 1.82) is 0 Å². The fraction of sp³-hybridized carbons (Fsp3) is 0.143. The molecule has 2 nitrogen and oxygen atoms in total. The van der Waals surface area contributed by atoms with E-state index in [1.807, 2.05) is 48.5 Å². The molecule has 2 rings (SSSR count). The minimum atomic E-state index is -0.514. The molecule has 0 spiro atoms. The van der Waals surface area contributed by atoms with Crippen LogP contribution in [0.2, 0.25) is 0 Å². The molecule has 0 fully saturated rings. The summed E-state index contributed by atoms with van der Waals surface area (Å²) in [4.78, 5) is 0. The van der Waals surface area contributed by atoms with Crippen molar-refractivity contribution in [3.8, 4) is 0 Å². The third-order valence-corrected chi connectivity index (χ3v) is 3.72. The molecule has 2 N–H and O–H groups in total. The summed E-state index contributed by atoms with van der Waals surface area (Å²) in [7, 11) is 0. The van der Waals surface area contributed by atoms with Gasteiger partial charge in [-0.05, 0) is 58.5 Å². The number of benzene rings is 2. The second-order valence-corrected chi connectivity index (χ2v) is 6.12. The van der Waals surface area contributed by atoms with E-state index < -0.39 is 6.10 Å². The molecule has 1 atom stereocenters. The lowest BCUT2D eigenvalue weighted by Gasteiger charge is -2.13. The van der Waals surface area contributed by atoms with Crippen molar-refractivity contribution >= 4 is 44.2 Å². The van der Waals surface area contributed by atoms with Crippen LogP contribution in [0.15, 0.2) is 53.0 Å². The Morgan fingerprint density at radius 2 is 1.94 bits per heavy atom. The summed E-state index contributed by atoms with van der Waals surface area (Å²) in [5, 5.41) is 13.3. The molecule has 0 aliphatic heterocycles. The molecule has 0 aliphatic rings. The number of nitrogens with one attached hydrogen (secondary N) is 1. The van der Waals surface area contributed by atoms with Crippen molar-refractivity contribution in [2.75, 3.05) is 11.9 Å². The molecule has 4 heteroatoms. The minimum absolute atomic E-state index is 0.497. The van der Waals surface area contributed by atoms with Crippen molar-refractivity contribution in [2.45, 2.75) is 6.10 Å².